The van der Waals surface area contributed by atoms with E-state index in [1.165, 1.54) is 83.5 Å². The summed E-state index contributed by atoms with van der Waals surface area (Å²) in [5, 5.41) is 16.1. The van der Waals surface area contributed by atoms with Gasteiger partial charge in [0.2, 0.25) is 0 Å². The maximum absolute atomic E-state index is 10.3. The molecule has 0 bridgehead atoms. The Bertz CT molecular complexity index is 223. The molecular weight excluding hydrogens is 313 g/mol. The van der Waals surface area contributed by atoms with Crippen molar-refractivity contribution in [2.24, 2.45) is 0 Å². The SMILES string of the molecule is CCCCCCCCCCCCCCCCCC(=O)O.CCO.[MgH2]. The molecule has 0 radical (unpaired) electrons. The highest BCUT2D eigenvalue weighted by Crippen LogP contribution is 2.13. The van der Waals surface area contributed by atoms with E-state index in [9.17, 15) is 4.79 Å². The van der Waals surface area contributed by atoms with E-state index in [4.69, 9.17) is 10.2 Å². The first-order valence-electron chi connectivity index (χ1n) is 10.0. The van der Waals surface area contributed by atoms with E-state index in [1.807, 2.05) is 0 Å². The number of aliphatic carboxylic acids is 1. The van der Waals surface area contributed by atoms with Crippen LogP contribution in [-0.4, -0.2) is 45.8 Å². The smallest absolute Gasteiger partial charge is 0.316 e. The number of unbranched alkanes of at least 4 members (excludes halogenated alkanes) is 14. The van der Waals surface area contributed by atoms with E-state index in [0.717, 1.165) is 12.8 Å². The molecule has 0 amide bonds. The second-order valence-electron chi connectivity index (χ2n) is 6.41. The van der Waals surface area contributed by atoms with Crippen molar-refractivity contribution < 1.29 is 15.0 Å². The van der Waals surface area contributed by atoms with Crippen LogP contribution >= 0.6 is 0 Å². The van der Waals surface area contributed by atoms with Crippen LogP contribution in [0.25, 0.3) is 0 Å². The predicted octanol–water partition coefficient (Wildman–Crippen LogP) is 5.41. The third-order valence-corrected chi connectivity index (χ3v) is 3.99. The minimum Gasteiger partial charge on any atom is -0.481 e. The first-order valence-corrected chi connectivity index (χ1v) is 10.0. The van der Waals surface area contributed by atoms with Crippen molar-refractivity contribution in [1.82, 2.24) is 0 Å². The van der Waals surface area contributed by atoms with Gasteiger partial charge < -0.3 is 10.2 Å². The molecule has 0 fully saturated rings. The molecule has 0 aromatic heterocycles. The van der Waals surface area contributed by atoms with Crippen LogP contribution in [0, 0.1) is 0 Å². The van der Waals surface area contributed by atoms with Crippen LogP contribution in [0.2, 0.25) is 0 Å². The molecule has 0 aliphatic heterocycles. The fraction of sp³-hybridized carbons (Fsp3) is 0.950. The zero-order valence-electron chi connectivity index (χ0n) is 15.8. The molecule has 0 aromatic carbocycles. The first-order chi connectivity index (χ1) is 11.2. The minimum absolute atomic E-state index is 0. The molecule has 0 spiro atoms. The van der Waals surface area contributed by atoms with E-state index in [1.54, 1.807) is 6.92 Å². The number of hydrogen-bond acceptors (Lipinski definition) is 2. The van der Waals surface area contributed by atoms with Gasteiger partial charge in [-0.3, -0.25) is 4.79 Å². The number of rotatable bonds is 16. The first kappa shape index (κ1) is 29.0. The van der Waals surface area contributed by atoms with Gasteiger partial charge in [-0.1, -0.05) is 96.8 Å². The van der Waals surface area contributed by atoms with Crippen LogP contribution in [0.1, 0.15) is 117 Å². The molecule has 0 rings (SSSR count). The van der Waals surface area contributed by atoms with E-state index in [-0.39, 0.29) is 29.7 Å². The lowest BCUT2D eigenvalue weighted by Crippen LogP contribution is -1.93. The average molecular weight is 357 g/mol. The topological polar surface area (TPSA) is 57.5 Å². The van der Waals surface area contributed by atoms with Gasteiger partial charge in [-0.05, 0) is 13.3 Å². The third-order valence-electron chi connectivity index (χ3n) is 3.99. The molecule has 3 nitrogen and oxygen atoms in total. The summed E-state index contributed by atoms with van der Waals surface area (Å²) in [6.45, 7) is 4.20. The Hall–Kier alpha value is 0.196. The Balaban J connectivity index is -0.00000102. The molecule has 0 saturated carbocycles. The molecular formula is C20H44MgO3. The highest BCUT2D eigenvalue weighted by molar-refractivity contribution is 5.75. The Labute approximate surface area is 167 Å². The molecule has 0 aliphatic rings. The van der Waals surface area contributed by atoms with Crippen LogP contribution in [-0.2, 0) is 4.79 Å². The summed E-state index contributed by atoms with van der Waals surface area (Å²) in [4.78, 5) is 10.3. The highest BCUT2D eigenvalue weighted by Gasteiger charge is 1.97. The number of hydrogen-bond donors (Lipinski definition) is 2. The normalized spacial score (nSPS) is 9.79. The monoisotopic (exact) mass is 356 g/mol. The van der Waals surface area contributed by atoms with Crippen molar-refractivity contribution in [3.05, 3.63) is 0 Å². The van der Waals surface area contributed by atoms with Gasteiger partial charge in [0.05, 0.1) is 0 Å². The van der Waals surface area contributed by atoms with Crippen LogP contribution < -0.4 is 0 Å². The number of carbonyl (C=O) groups is 1. The summed E-state index contributed by atoms with van der Waals surface area (Å²) in [5.74, 6) is -0.653. The van der Waals surface area contributed by atoms with Crippen LogP contribution in [0.3, 0.4) is 0 Å². The van der Waals surface area contributed by atoms with Gasteiger partial charge in [0.1, 0.15) is 0 Å². The van der Waals surface area contributed by atoms with Crippen molar-refractivity contribution in [3.8, 4) is 0 Å². The Kier molecular flexibility index (Phi) is 33.8. The van der Waals surface area contributed by atoms with Crippen molar-refractivity contribution >= 4 is 29.0 Å². The zero-order chi connectivity index (χ0) is 17.6. The van der Waals surface area contributed by atoms with Gasteiger partial charge in [0, 0.05) is 13.0 Å². The molecule has 4 heteroatoms. The van der Waals surface area contributed by atoms with Crippen LogP contribution in [0.5, 0.6) is 0 Å². The lowest BCUT2D eigenvalue weighted by atomic mass is 10.0. The lowest BCUT2D eigenvalue weighted by Gasteiger charge is -2.03. The molecule has 0 saturated heterocycles. The van der Waals surface area contributed by atoms with Crippen molar-refractivity contribution in [1.29, 1.82) is 0 Å². The van der Waals surface area contributed by atoms with Gasteiger partial charge in [0.25, 0.3) is 0 Å². The van der Waals surface area contributed by atoms with Gasteiger partial charge in [-0.25, -0.2) is 0 Å². The van der Waals surface area contributed by atoms with E-state index in [0.29, 0.717) is 6.42 Å². The molecule has 0 atom stereocenters. The predicted molar refractivity (Wildman–Crippen MR) is 108 cm³/mol. The van der Waals surface area contributed by atoms with E-state index >= 15 is 0 Å². The molecule has 0 aromatic rings. The molecule has 0 unspecified atom stereocenters. The van der Waals surface area contributed by atoms with Crippen LogP contribution in [0.4, 0.5) is 0 Å². The second kappa shape index (κ2) is 28.0. The fourth-order valence-corrected chi connectivity index (χ4v) is 2.65. The number of aliphatic hydroxyl groups excluding tert-OH is 1. The minimum atomic E-state index is -0.653. The second-order valence-corrected chi connectivity index (χ2v) is 6.41. The molecule has 24 heavy (non-hydrogen) atoms. The number of carboxylic acid groups (broad SMARTS) is 1. The quantitative estimate of drug-likeness (QED) is 0.287. The summed E-state index contributed by atoms with van der Waals surface area (Å²) in [5.41, 5.74) is 0. The van der Waals surface area contributed by atoms with Gasteiger partial charge in [-0.15, -0.1) is 0 Å². The summed E-state index contributed by atoms with van der Waals surface area (Å²) in [6.07, 6.45) is 20.2. The Morgan fingerprint density at radius 2 is 0.875 bits per heavy atom. The summed E-state index contributed by atoms with van der Waals surface area (Å²) in [7, 11) is 0. The van der Waals surface area contributed by atoms with E-state index in [2.05, 4.69) is 6.92 Å². The zero-order valence-corrected chi connectivity index (χ0v) is 15.8. The Morgan fingerprint density at radius 1 is 0.625 bits per heavy atom. The van der Waals surface area contributed by atoms with Gasteiger partial charge >= 0.3 is 29.0 Å². The van der Waals surface area contributed by atoms with Gasteiger partial charge in [0.15, 0.2) is 0 Å². The van der Waals surface area contributed by atoms with Crippen LogP contribution in [0.15, 0.2) is 0 Å². The number of carboxylic acids is 1. The maximum Gasteiger partial charge on any atom is 0.316 e. The van der Waals surface area contributed by atoms with Crippen molar-refractivity contribution in [2.45, 2.75) is 117 Å². The third kappa shape index (κ3) is 33.7. The summed E-state index contributed by atoms with van der Waals surface area (Å²) < 4.78 is 0. The van der Waals surface area contributed by atoms with E-state index < -0.39 is 5.97 Å². The Morgan fingerprint density at radius 3 is 1.12 bits per heavy atom. The maximum atomic E-state index is 10.3. The highest BCUT2D eigenvalue weighted by atomic mass is 24.3. The molecule has 144 valence electrons. The number of aliphatic hydroxyl groups is 1. The standard InChI is InChI=1S/C18H36O2.C2H6O.Mg.2H/c1-2-3-4-5-6-7-8-9-10-11-12-13-14-15-16-17-18(19)20;1-2-3;;;/h2-17H2,1H3,(H,19,20);3H,2H2,1H3;;;. The largest absolute Gasteiger partial charge is 0.481 e. The van der Waals surface area contributed by atoms with Gasteiger partial charge in [-0.2, -0.15) is 0 Å². The summed E-state index contributed by atoms with van der Waals surface area (Å²) in [6, 6.07) is 0. The average Bonchev–Trinajstić information content (AvgIpc) is 2.51. The fourth-order valence-electron chi connectivity index (χ4n) is 2.65. The molecule has 0 heterocycles. The van der Waals surface area contributed by atoms with Crippen molar-refractivity contribution in [2.75, 3.05) is 6.61 Å². The molecule has 2 N–H and O–H groups in total. The summed E-state index contributed by atoms with van der Waals surface area (Å²) >= 11 is 0. The molecule has 0 aliphatic carbocycles. The lowest BCUT2D eigenvalue weighted by molar-refractivity contribution is -0.137. The van der Waals surface area contributed by atoms with Crippen molar-refractivity contribution in [3.63, 3.8) is 0 Å².